The van der Waals surface area contributed by atoms with E-state index in [2.05, 4.69) is 10.1 Å². The second-order valence-corrected chi connectivity index (χ2v) is 4.66. The maximum Gasteiger partial charge on any atom is 0.299 e. The quantitative estimate of drug-likeness (QED) is 0.766. The van der Waals surface area contributed by atoms with Gasteiger partial charge in [0.15, 0.2) is 0 Å². The third kappa shape index (κ3) is 1.70. The van der Waals surface area contributed by atoms with Crippen LogP contribution in [-0.4, -0.2) is 26.5 Å². The lowest BCUT2D eigenvalue weighted by Crippen LogP contribution is -2.30. The van der Waals surface area contributed by atoms with E-state index in [9.17, 15) is 14.0 Å². The fourth-order valence-corrected chi connectivity index (χ4v) is 2.28. The minimum atomic E-state index is -0.743. The Bertz CT molecular complexity index is 738. The van der Waals surface area contributed by atoms with Crippen LogP contribution in [0.4, 0.5) is 10.1 Å². The number of halogens is 1. The van der Waals surface area contributed by atoms with Crippen molar-refractivity contribution in [2.45, 2.75) is 13.5 Å². The number of rotatable bonds is 2. The number of benzene rings is 1. The number of Topliss-reactive ketones (excluding diaryl/α,β-unsaturated/α-hetero) is 1. The van der Waals surface area contributed by atoms with E-state index in [4.69, 9.17) is 0 Å². The van der Waals surface area contributed by atoms with Crippen molar-refractivity contribution in [2.24, 2.45) is 7.05 Å². The zero-order chi connectivity index (χ0) is 14.4. The highest BCUT2D eigenvalue weighted by Gasteiger charge is 2.38. The largest absolute Gasteiger partial charge is 0.299 e. The number of nitrogens with zero attached hydrogens (tertiary/aromatic N) is 4. The van der Waals surface area contributed by atoms with Gasteiger partial charge in [0, 0.05) is 7.05 Å². The van der Waals surface area contributed by atoms with Gasteiger partial charge in [0.25, 0.3) is 11.7 Å². The molecule has 2 aromatic rings. The van der Waals surface area contributed by atoms with Gasteiger partial charge < -0.3 is 0 Å². The predicted octanol–water partition coefficient (Wildman–Crippen LogP) is 0.992. The molecule has 7 heteroatoms. The summed E-state index contributed by atoms with van der Waals surface area (Å²) in [4.78, 5) is 29.0. The highest BCUT2D eigenvalue weighted by molar-refractivity contribution is 6.52. The molecule has 20 heavy (non-hydrogen) atoms. The summed E-state index contributed by atoms with van der Waals surface area (Å²) >= 11 is 0. The Morgan fingerprint density at radius 3 is 2.70 bits per heavy atom. The second-order valence-electron chi connectivity index (χ2n) is 4.66. The van der Waals surface area contributed by atoms with Crippen LogP contribution in [0.1, 0.15) is 21.7 Å². The summed E-state index contributed by atoms with van der Waals surface area (Å²) in [7, 11) is 1.66. The van der Waals surface area contributed by atoms with E-state index in [0.29, 0.717) is 11.4 Å². The summed E-state index contributed by atoms with van der Waals surface area (Å²) in [5.41, 5.74) is 0.728. The summed E-state index contributed by atoms with van der Waals surface area (Å²) in [5, 5.41) is 3.88. The van der Waals surface area contributed by atoms with E-state index >= 15 is 0 Å². The van der Waals surface area contributed by atoms with E-state index in [-0.39, 0.29) is 17.8 Å². The van der Waals surface area contributed by atoms with Gasteiger partial charge in [0.1, 0.15) is 18.0 Å². The molecule has 6 nitrogen and oxygen atoms in total. The number of fused-ring (bicyclic) bond motifs is 1. The molecule has 1 aromatic heterocycles. The molecule has 0 spiro atoms. The number of amides is 1. The fraction of sp³-hybridized carbons (Fsp3) is 0.231. The molecular formula is C13H11FN4O2. The van der Waals surface area contributed by atoms with Crippen LogP contribution >= 0.6 is 0 Å². The minimum absolute atomic E-state index is 0.00799. The minimum Gasteiger partial charge on any atom is -0.294 e. The van der Waals surface area contributed by atoms with Crippen LogP contribution in [0, 0.1) is 12.7 Å². The number of aryl methyl sites for hydroxylation is 2. The molecule has 0 N–H and O–H groups in total. The number of carbonyl (C=O) groups is 2. The van der Waals surface area contributed by atoms with Crippen molar-refractivity contribution >= 4 is 17.4 Å². The molecule has 0 saturated heterocycles. The van der Waals surface area contributed by atoms with Crippen molar-refractivity contribution in [3.63, 3.8) is 0 Å². The SMILES string of the molecule is Cc1cc(F)c2c(c1)C(=O)C(=O)N2Cc1ncnn1C. The average molecular weight is 274 g/mol. The molecule has 1 aliphatic rings. The van der Waals surface area contributed by atoms with Gasteiger partial charge in [-0.1, -0.05) is 0 Å². The first-order chi connectivity index (χ1) is 9.49. The summed E-state index contributed by atoms with van der Waals surface area (Å²) in [6.07, 6.45) is 1.34. The number of aromatic nitrogens is 3. The van der Waals surface area contributed by atoms with E-state index in [1.807, 2.05) is 0 Å². The zero-order valence-corrected chi connectivity index (χ0v) is 10.9. The van der Waals surface area contributed by atoms with Gasteiger partial charge in [0.2, 0.25) is 0 Å². The first-order valence-electron chi connectivity index (χ1n) is 5.98. The molecule has 1 aromatic carbocycles. The van der Waals surface area contributed by atoms with Gasteiger partial charge in [0.05, 0.1) is 17.8 Å². The van der Waals surface area contributed by atoms with Crippen LogP contribution in [0.25, 0.3) is 0 Å². The third-order valence-corrected chi connectivity index (χ3v) is 3.27. The Hall–Kier alpha value is -2.57. The molecule has 0 fully saturated rings. The van der Waals surface area contributed by atoms with Gasteiger partial charge in [-0.05, 0) is 24.6 Å². The van der Waals surface area contributed by atoms with Gasteiger partial charge in [-0.2, -0.15) is 5.10 Å². The highest BCUT2D eigenvalue weighted by atomic mass is 19.1. The van der Waals surface area contributed by atoms with E-state index in [1.54, 1.807) is 14.0 Å². The Labute approximate surface area is 113 Å². The van der Waals surface area contributed by atoms with Crippen LogP contribution in [-0.2, 0) is 18.4 Å². The van der Waals surface area contributed by atoms with Crippen molar-refractivity contribution in [1.29, 1.82) is 0 Å². The smallest absolute Gasteiger partial charge is 0.294 e. The number of carbonyl (C=O) groups excluding carboxylic acids is 2. The number of hydrogen-bond donors (Lipinski definition) is 0. The molecule has 3 rings (SSSR count). The Morgan fingerprint density at radius 2 is 2.05 bits per heavy atom. The molecule has 2 heterocycles. The molecule has 0 aliphatic carbocycles. The standard InChI is InChI=1S/C13H11FN4O2/c1-7-3-8-11(9(14)4-7)18(13(20)12(8)19)5-10-15-6-16-17(10)2/h3-4,6H,5H2,1-2H3. The second kappa shape index (κ2) is 4.22. The van der Waals surface area contributed by atoms with Crippen LogP contribution in [0.5, 0.6) is 0 Å². The maximum absolute atomic E-state index is 14.1. The lowest BCUT2D eigenvalue weighted by atomic mass is 10.1. The molecule has 1 amide bonds. The molecule has 0 bridgehead atoms. The summed E-state index contributed by atoms with van der Waals surface area (Å²) < 4.78 is 15.6. The predicted molar refractivity (Wildman–Crippen MR) is 67.7 cm³/mol. The van der Waals surface area contributed by atoms with E-state index < -0.39 is 17.5 Å². The van der Waals surface area contributed by atoms with Crippen molar-refractivity contribution in [2.75, 3.05) is 4.90 Å². The van der Waals surface area contributed by atoms with Crippen molar-refractivity contribution in [3.8, 4) is 0 Å². The molecule has 0 saturated carbocycles. The monoisotopic (exact) mass is 274 g/mol. The highest BCUT2D eigenvalue weighted by Crippen LogP contribution is 2.33. The lowest BCUT2D eigenvalue weighted by Gasteiger charge is -2.16. The Morgan fingerprint density at radius 1 is 1.30 bits per heavy atom. The maximum atomic E-state index is 14.1. The first-order valence-corrected chi connectivity index (χ1v) is 5.98. The molecular weight excluding hydrogens is 263 g/mol. The van der Waals surface area contributed by atoms with Gasteiger partial charge in [-0.15, -0.1) is 0 Å². The van der Waals surface area contributed by atoms with Crippen LogP contribution in [0.15, 0.2) is 18.5 Å². The lowest BCUT2D eigenvalue weighted by molar-refractivity contribution is -0.114. The topological polar surface area (TPSA) is 68.1 Å². The van der Waals surface area contributed by atoms with Crippen LogP contribution in [0.3, 0.4) is 0 Å². The Kier molecular flexibility index (Phi) is 2.63. The van der Waals surface area contributed by atoms with Crippen molar-refractivity contribution in [3.05, 3.63) is 41.2 Å². The van der Waals surface area contributed by atoms with E-state index in [1.165, 1.54) is 23.1 Å². The number of anilines is 1. The third-order valence-electron chi connectivity index (χ3n) is 3.27. The normalized spacial score (nSPS) is 14.1. The summed E-state index contributed by atoms with van der Waals surface area (Å²) in [6.45, 7) is 1.68. The molecule has 102 valence electrons. The van der Waals surface area contributed by atoms with Gasteiger partial charge in [-0.25, -0.2) is 9.37 Å². The van der Waals surface area contributed by atoms with Gasteiger partial charge in [-0.3, -0.25) is 19.2 Å². The average Bonchev–Trinajstić information content (AvgIpc) is 2.88. The molecule has 0 atom stereocenters. The fourth-order valence-electron chi connectivity index (χ4n) is 2.28. The van der Waals surface area contributed by atoms with E-state index in [0.717, 1.165) is 4.90 Å². The number of hydrogen-bond acceptors (Lipinski definition) is 4. The molecule has 1 aliphatic heterocycles. The van der Waals surface area contributed by atoms with Crippen molar-refractivity contribution < 1.29 is 14.0 Å². The molecule has 0 radical (unpaired) electrons. The van der Waals surface area contributed by atoms with Crippen LogP contribution in [0.2, 0.25) is 0 Å². The first kappa shape index (κ1) is 12.5. The summed E-state index contributed by atoms with van der Waals surface area (Å²) in [6, 6.07) is 2.82. The summed E-state index contributed by atoms with van der Waals surface area (Å²) in [5.74, 6) is -1.54. The zero-order valence-electron chi connectivity index (χ0n) is 10.9. The molecule has 0 unspecified atom stereocenters. The Balaban J connectivity index is 2.09. The van der Waals surface area contributed by atoms with Gasteiger partial charge >= 0.3 is 0 Å². The number of ketones is 1. The van der Waals surface area contributed by atoms with Crippen LogP contribution < -0.4 is 4.90 Å². The van der Waals surface area contributed by atoms with Crippen molar-refractivity contribution in [1.82, 2.24) is 14.8 Å².